The van der Waals surface area contributed by atoms with E-state index in [1.54, 1.807) is 5.57 Å². The summed E-state index contributed by atoms with van der Waals surface area (Å²) in [7, 11) is 1.40. The van der Waals surface area contributed by atoms with Crippen molar-refractivity contribution in [1.82, 2.24) is 0 Å². The van der Waals surface area contributed by atoms with E-state index in [1.807, 2.05) is 0 Å². The highest BCUT2D eigenvalue weighted by Crippen LogP contribution is 2.29. The first-order chi connectivity index (χ1) is 11.0. The Morgan fingerprint density at radius 1 is 1.04 bits per heavy atom. The number of esters is 1. The summed E-state index contributed by atoms with van der Waals surface area (Å²) in [6, 6.07) is 0. The molecule has 0 aliphatic heterocycles. The van der Waals surface area contributed by atoms with Gasteiger partial charge in [-0.1, -0.05) is 62.0 Å². The van der Waals surface area contributed by atoms with Crippen LogP contribution < -0.4 is 0 Å². The molecule has 0 amide bonds. The molecule has 23 heavy (non-hydrogen) atoms. The maximum absolute atomic E-state index is 11.2. The minimum absolute atomic E-state index is 0.294. The number of ether oxygens (including phenoxy) is 1. The lowest BCUT2D eigenvalue weighted by Gasteiger charge is -2.21. The second-order valence-corrected chi connectivity index (χ2v) is 6.98. The molecule has 0 N–H and O–H groups in total. The molecule has 130 valence electrons. The topological polar surface area (TPSA) is 26.3 Å². The van der Waals surface area contributed by atoms with Crippen LogP contribution >= 0.6 is 0 Å². The molecule has 1 aliphatic carbocycles. The van der Waals surface area contributed by atoms with Crippen LogP contribution in [0.1, 0.15) is 78.1 Å². The van der Waals surface area contributed by atoms with Crippen LogP contribution in [0, 0.1) is 5.92 Å². The fourth-order valence-corrected chi connectivity index (χ4v) is 3.32. The minimum atomic E-state index is -0.294. The van der Waals surface area contributed by atoms with Crippen LogP contribution in [-0.2, 0) is 9.53 Å². The second kappa shape index (κ2) is 11.3. The van der Waals surface area contributed by atoms with E-state index in [1.165, 1.54) is 51.2 Å². The van der Waals surface area contributed by atoms with Crippen molar-refractivity contribution in [1.29, 1.82) is 0 Å². The molecule has 0 bridgehead atoms. The molecule has 1 rings (SSSR count). The van der Waals surface area contributed by atoms with Crippen molar-refractivity contribution in [2.45, 2.75) is 78.1 Å². The Balaban J connectivity index is 2.22. The van der Waals surface area contributed by atoms with Crippen LogP contribution in [0.4, 0.5) is 0 Å². The van der Waals surface area contributed by atoms with Gasteiger partial charge in [-0.15, -0.1) is 0 Å². The zero-order valence-electron chi connectivity index (χ0n) is 15.3. The highest BCUT2D eigenvalue weighted by molar-refractivity contribution is 5.87. The van der Waals surface area contributed by atoms with E-state index in [0.717, 1.165) is 25.2 Å². The van der Waals surface area contributed by atoms with Gasteiger partial charge in [-0.25, -0.2) is 4.79 Å². The van der Waals surface area contributed by atoms with Gasteiger partial charge in [0.1, 0.15) is 0 Å². The van der Waals surface area contributed by atoms with Crippen LogP contribution in [0.15, 0.2) is 35.5 Å². The normalized spacial score (nSPS) is 17.2. The molecule has 0 heterocycles. The van der Waals surface area contributed by atoms with Gasteiger partial charge in [0.15, 0.2) is 0 Å². The lowest BCUT2D eigenvalue weighted by atomic mass is 9.85. The summed E-state index contributed by atoms with van der Waals surface area (Å²) in [6.45, 7) is 8.21. The van der Waals surface area contributed by atoms with E-state index >= 15 is 0 Å². The van der Waals surface area contributed by atoms with Crippen LogP contribution in [0.3, 0.4) is 0 Å². The third kappa shape index (κ3) is 8.78. The summed E-state index contributed by atoms with van der Waals surface area (Å²) in [5.41, 5.74) is 3.51. The van der Waals surface area contributed by atoms with Crippen molar-refractivity contribution in [3.63, 3.8) is 0 Å². The van der Waals surface area contributed by atoms with Crippen molar-refractivity contribution in [2.75, 3.05) is 7.11 Å². The number of hydrogen-bond acceptors (Lipinski definition) is 2. The molecule has 0 aromatic rings. The van der Waals surface area contributed by atoms with Gasteiger partial charge in [0.25, 0.3) is 0 Å². The van der Waals surface area contributed by atoms with Crippen molar-refractivity contribution in [2.24, 2.45) is 5.92 Å². The molecule has 0 radical (unpaired) electrons. The van der Waals surface area contributed by atoms with Crippen molar-refractivity contribution in [3.05, 3.63) is 35.5 Å². The molecule has 1 aliphatic rings. The van der Waals surface area contributed by atoms with Crippen LogP contribution in [0.25, 0.3) is 0 Å². The molecule has 0 unspecified atom stereocenters. The summed E-state index contributed by atoms with van der Waals surface area (Å²) >= 11 is 0. The Hall–Kier alpha value is -1.31. The summed E-state index contributed by atoms with van der Waals surface area (Å²) in [5.74, 6) is 0.637. The van der Waals surface area contributed by atoms with E-state index in [4.69, 9.17) is 0 Å². The number of carbonyl (C=O) groups excluding carboxylic acids is 1. The molecule has 2 nitrogen and oxygen atoms in total. The first-order valence-corrected chi connectivity index (χ1v) is 9.10. The van der Waals surface area contributed by atoms with Crippen molar-refractivity contribution >= 4 is 5.97 Å². The second-order valence-electron chi connectivity index (χ2n) is 6.98. The van der Waals surface area contributed by atoms with Gasteiger partial charge in [-0.2, -0.15) is 0 Å². The largest absolute Gasteiger partial charge is 0.466 e. The predicted octanol–water partition coefficient (Wildman–Crippen LogP) is 6.14. The zero-order valence-corrected chi connectivity index (χ0v) is 15.3. The fourth-order valence-electron chi connectivity index (χ4n) is 3.32. The Morgan fingerprint density at radius 3 is 2.30 bits per heavy atom. The van der Waals surface area contributed by atoms with Crippen LogP contribution in [0.5, 0.6) is 0 Å². The maximum Gasteiger partial charge on any atom is 0.333 e. The summed E-state index contributed by atoms with van der Waals surface area (Å²) in [5, 5.41) is 0. The number of carbonyl (C=O) groups is 1. The summed E-state index contributed by atoms with van der Waals surface area (Å²) in [4.78, 5) is 11.2. The standard InChI is InChI=1S/C21H34O2/c1-17(11-9-13-19(3)21(22)23-4)10-8-12-18(2)16-20-14-6-5-7-15-20/h11-12,20H,3,5-10,13-16H2,1-2,4H3/b17-11+,18-12+. The predicted molar refractivity (Wildman–Crippen MR) is 98.3 cm³/mol. The van der Waals surface area contributed by atoms with Gasteiger partial charge in [0.2, 0.25) is 0 Å². The quantitative estimate of drug-likeness (QED) is 0.290. The molecule has 0 saturated heterocycles. The lowest BCUT2D eigenvalue weighted by Crippen LogP contribution is -2.06. The molecule has 0 atom stereocenters. The molecular formula is C21H34O2. The molecule has 0 aromatic heterocycles. The van der Waals surface area contributed by atoms with Crippen molar-refractivity contribution < 1.29 is 9.53 Å². The molecule has 1 saturated carbocycles. The smallest absolute Gasteiger partial charge is 0.333 e. The SMILES string of the molecule is C=C(CC/C=C(\C)CC/C=C(\C)CC1CCCCC1)C(=O)OC. The molecule has 2 heteroatoms. The van der Waals surface area contributed by atoms with E-state index < -0.39 is 0 Å². The highest BCUT2D eigenvalue weighted by Gasteiger charge is 2.13. The molecular weight excluding hydrogens is 284 g/mol. The van der Waals surface area contributed by atoms with E-state index in [0.29, 0.717) is 12.0 Å². The average Bonchev–Trinajstić information content (AvgIpc) is 2.54. The molecule has 0 spiro atoms. The number of methoxy groups -OCH3 is 1. The van der Waals surface area contributed by atoms with Gasteiger partial charge in [0.05, 0.1) is 7.11 Å². The third-order valence-corrected chi connectivity index (χ3v) is 4.78. The van der Waals surface area contributed by atoms with Gasteiger partial charge < -0.3 is 4.74 Å². The first kappa shape index (κ1) is 19.7. The Bertz CT molecular complexity index is 437. The Morgan fingerprint density at radius 2 is 1.65 bits per heavy atom. The van der Waals surface area contributed by atoms with E-state index in [-0.39, 0.29) is 5.97 Å². The summed E-state index contributed by atoms with van der Waals surface area (Å²) < 4.78 is 4.66. The average molecular weight is 319 g/mol. The van der Waals surface area contributed by atoms with E-state index in [9.17, 15) is 4.79 Å². The summed E-state index contributed by atoms with van der Waals surface area (Å²) in [6.07, 6.45) is 16.8. The zero-order chi connectivity index (χ0) is 17.1. The van der Waals surface area contributed by atoms with Crippen molar-refractivity contribution in [3.8, 4) is 0 Å². The first-order valence-electron chi connectivity index (χ1n) is 9.10. The number of rotatable bonds is 9. The minimum Gasteiger partial charge on any atom is -0.466 e. The molecule has 1 fully saturated rings. The third-order valence-electron chi connectivity index (χ3n) is 4.78. The van der Waals surface area contributed by atoms with Gasteiger partial charge >= 0.3 is 5.97 Å². The molecule has 0 aromatic carbocycles. The number of allylic oxidation sites excluding steroid dienone is 4. The highest BCUT2D eigenvalue weighted by atomic mass is 16.5. The van der Waals surface area contributed by atoms with Crippen LogP contribution in [-0.4, -0.2) is 13.1 Å². The van der Waals surface area contributed by atoms with Gasteiger partial charge in [-0.05, 0) is 51.9 Å². The lowest BCUT2D eigenvalue weighted by molar-refractivity contribution is -0.136. The fraction of sp³-hybridized carbons (Fsp3) is 0.667. The van der Waals surface area contributed by atoms with Gasteiger partial charge in [-0.3, -0.25) is 0 Å². The van der Waals surface area contributed by atoms with Gasteiger partial charge in [0, 0.05) is 5.57 Å². The van der Waals surface area contributed by atoms with E-state index in [2.05, 4.69) is 37.3 Å². The number of hydrogen-bond donors (Lipinski definition) is 0. The Labute approximate surface area is 142 Å². The monoisotopic (exact) mass is 318 g/mol. The Kier molecular flexibility index (Phi) is 9.66. The van der Waals surface area contributed by atoms with Crippen LogP contribution in [0.2, 0.25) is 0 Å². The maximum atomic E-state index is 11.2.